The second kappa shape index (κ2) is 9.84. The van der Waals surface area contributed by atoms with Crippen LogP contribution >= 0.6 is 11.8 Å². The van der Waals surface area contributed by atoms with E-state index in [1.54, 1.807) is 11.8 Å². The monoisotopic (exact) mass is 412 g/mol. The summed E-state index contributed by atoms with van der Waals surface area (Å²) in [5.74, 6) is 0.240. The quantitative estimate of drug-likeness (QED) is 0.731. The maximum Gasteiger partial charge on any atom is 0.268 e. The lowest BCUT2D eigenvalue weighted by molar-refractivity contribution is -0.127. The number of carbonyl (C=O) groups excluding carboxylic acids is 2. The molecule has 0 radical (unpaired) electrons. The first-order valence-electron chi connectivity index (χ1n) is 10.1. The first-order chi connectivity index (χ1) is 14.0. The third kappa shape index (κ3) is 4.94. The summed E-state index contributed by atoms with van der Waals surface area (Å²) in [4.78, 5) is 25.8. The van der Waals surface area contributed by atoms with Crippen molar-refractivity contribution in [2.45, 2.75) is 44.2 Å². The van der Waals surface area contributed by atoms with Crippen LogP contribution in [0.2, 0.25) is 0 Å². The van der Waals surface area contributed by atoms with Crippen LogP contribution in [-0.4, -0.2) is 40.5 Å². The molecule has 1 fully saturated rings. The number of rotatable bonds is 7. The number of hydrogen-bond acceptors (Lipinski definition) is 4. The van der Waals surface area contributed by atoms with E-state index in [9.17, 15) is 14.9 Å². The van der Waals surface area contributed by atoms with Gasteiger partial charge in [-0.25, -0.2) is 0 Å². The second-order valence-corrected chi connectivity index (χ2v) is 8.58. The normalized spacial score (nSPS) is 20.0. The number of hydrogen-bond donors (Lipinski definition) is 2. The minimum absolute atomic E-state index is 0.125. The number of benzene rings is 1. The molecule has 1 aromatic heterocycles. The van der Waals surface area contributed by atoms with Gasteiger partial charge in [-0.05, 0) is 43.4 Å². The number of nitriles is 1. The number of aryl methyl sites for hydroxylation is 1. The van der Waals surface area contributed by atoms with Gasteiger partial charge >= 0.3 is 0 Å². The highest BCUT2D eigenvalue weighted by molar-refractivity contribution is 7.98. The summed E-state index contributed by atoms with van der Waals surface area (Å²) < 4.78 is 1.89. The zero-order chi connectivity index (χ0) is 20.8. The molecule has 3 atom stereocenters. The smallest absolute Gasteiger partial charge is 0.268 e. The van der Waals surface area contributed by atoms with Crippen LogP contribution in [0, 0.1) is 17.2 Å². The molecular formula is C22H28N4O2S. The molecule has 3 rings (SSSR count). The van der Waals surface area contributed by atoms with E-state index in [2.05, 4.69) is 16.7 Å². The molecule has 1 aliphatic rings. The number of amides is 2. The van der Waals surface area contributed by atoms with Crippen LogP contribution < -0.4 is 10.6 Å². The molecule has 1 aliphatic carbocycles. The van der Waals surface area contributed by atoms with E-state index in [1.807, 2.05) is 48.2 Å². The van der Waals surface area contributed by atoms with Crippen molar-refractivity contribution in [2.75, 3.05) is 12.0 Å². The number of carbonyl (C=O) groups is 2. The van der Waals surface area contributed by atoms with E-state index in [0.717, 1.165) is 42.3 Å². The van der Waals surface area contributed by atoms with E-state index in [-0.39, 0.29) is 23.8 Å². The Morgan fingerprint density at radius 3 is 2.79 bits per heavy atom. The van der Waals surface area contributed by atoms with Gasteiger partial charge in [0, 0.05) is 24.0 Å². The standard InChI is InChI=1S/C22H28N4O2S/c1-26-19-10-6-3-7-15(19)13-20(26)22(28)25-18-9-5-4-8-17(18)21(27)24-16(14-23)11-12-29-2/h3,6-7,10,13,16-18H,4-5,8-9,11-12H2,1-2H3,(H,24,27)(H,25,28)/t16-,17+,18-/m0/s1. The lowest BCUT2D eigenvalue weighted by atomic mass is 9.83. The molecule has 0 aliphatic heterocycles. The number of nitrogens with zero attached hydrogens (tertiary/aromatic N) is 2. The van der Waals surface area contributed by atoms with E-state index in [0.29, 0.717) is 12.1 Å². The van der Waals surface area contributed by atoms with E-state index in [4.69, 9.17) is 0 Å². The molecule has 0 bridgehead atoms. The van der Waals surface area contributed by atoms with Crippen LogP contribution in [0.1, 0.15) is 42.6 Å². The first kappa shape index (κ1) is 21.3. The SMILES string of the molecule is CSCC[C@@H](C#N)NC(=O)[C@@H]1CCCC[C@@H]1NC(=O)c1cc2ccccc2n1C. The summed E-state index contributed by atoms with van der Waals surface area (Å²) in [7, 11) is 1.88. The third-order valence-corrected chi connectivity index (χ3v) is 6.33. The minimum atomic E-state index is -0.480. The molecule has 1 saturated carbocycles. The molecule has 0 spiro atoms. The number of para-hydroxylation sites is 1. The van der Waals surface area contributed by atoms with Gasteiger partial charge in [-0.2, -0.15) is 17.0 Å². The van der Waals surface area contributed by atoms with Gasteiger partial charge in [-0.15, -0.1) is 0 Å². The lowest BCUT2D eigenvalue weighted by Gasteiger charge is -2.31. The molecule has 1 aromatic carbocycles. The summed E-state index contributed by atoms with van der Waals surface area (Å²) in [5, 5.41) is 16.3. The van der Waals surface area contributed by atoms with Crippen molar-refractivity contribution < 1.29 is 9.59 Å². The summed E-state index contributed by atoms with van der Waals surface area (Å²) >= 11 is 1.66. The minimum Gasteiger partial charge on any atom is -0.347 e. The van der Waals surface area contributed by atoms with Gasteiger partial charge < -0.3 is 15.2 Å². The number of thioether (sulfide) groups is 1. The van der Waals surface area contributed by atoms with E-state index >= 15 is 0 Å². The van der Waals surface area contributed by atoms with Gasteiger partial charge in [-0.3, -0.25) is 9.59 Å². The summed E-state index contributed by atoms with van der Waals surface area (Å²) in [6.07, 6.45) is 6.06. The molecule has 154 valence electrons. The highest BCUT2D eigenvalue weighted by atomic mass is 32.2. The Morgan fingerprint density at radius 1 is 1.31 bits per heavy atom. The number of aromatic nitrogens is 1. The Balaban J connectivity index is 1.70. The fourth-order valence-corrected chi connectivity index (χ4v) is 4.52. The van der Waals surface area contributed by atoms with Crippen molar-refractivity contribution in [3.63, 3.8) is 0 Å². The first-order valence-corrected chi connectivity index (χ1v) is 11.5. The molecule has 2 N–H and O–H groups in total. The van der Waals surface area contributed by atoms with E-state index < -0.39 is 6.04 Å². The van der Waals surface area contributed by atoms with Crippen molar-refractivity contribution in [1.82, 2.24) is 15.2 Å². The van der Waals surface area contributed by atoms with Gasteiger partial charge in [0.2, 0.25) is 5.91 Å². The Hall–Kier alpha value is -2.46. The molecule has 0 saturated heterocycles. The average molecular weight is 413 g/mol. The predicted octanol–water partition coefficient (Wildman–Crippen LogP) is 3.23. The second-order valence-electron chi connectivity index (χ2n) is 7.59. The molecule has 7 heteroatoms. The van der Waals surface area contributed by atoms with Crippen LogP contribution in [0.25, 0.3) is 10.9 Å². The van der Waals surface area contributed by atoms with Crippen LogP contribution in [0.4, 0.5) is 0 Å². The van der Waals surface area contributed by atoms with Crippen LogP contribution in [0.5, 0.6) is 0 Å². The van der Waals surface area contributed by atoms with Crippen LogP contribution in [-0.2, 0) is 11.8 Å². The van der Waals surface area contributed by atoms with Crippen molar-refractivity contribution in [2.24, 2.45) is 13.0 Å². The Labute approximate surface area is 176 Å². The zero-order valence-electron chi connectivity index (χ0n) is 17.0. The van der Waals surface area contributed by atoms with Crippen molar-refractivity contribution >= 4 is 34.5 Å². The van der Waals surface area contributed by atoms with E-state index in [1.165, 1.54) is 0 Å². The van der Waals surface area contributed by atoms with Crippen molar-refractivity contribution in [3.8, 4) is 6.07 Å². The van der Waals surface area contributed by atoms with Gasteiger partial charge in [0.1, 0.15) is 11.7 Å². The van der Waals surface area contributed by atoms with Crippen molar-refractivity contribution in [3.05, 3.63) is 36.0 Å². The fourth-order valence-electron chi connectivity index (χ4n) is 4.05. The molecular weight excluding hydrogens is 384 g/mol. The van der Waals surface area contributed by atoms with Gasteiger partial charge in [0.05, 0.1) is 12.0 Å². The van der Waals surface area contributed by atoms with Gasteiger partial charge in [0.15, 0.2) is 0 Å². The highest BCUT2D eigenvalue weighted by Crippen LogP contribution is 2.26. The molecule has 0 unspecified atom stereocenters. The molecule has 29 heavy (non-hydrogen) atoms. The number of nitrogens with one attached hydrogen (secondary N) is 2. The molecule has 1 heterocycles. The van der Waals surface area contributed by atoms with Gasteiger partial charge in [0.25, 0.3) is 5.91 Å². The maximum atomic E-state index is 13.0. The molecule has 2 aromatic rings. The van der Waals surface area contributed by atoms with Gasteiger partial charge in [-0.1, -0.05) is 31.0 Å². The average Bonchev–Trinajstić information content (AvgIpc) is 3.08. The Morgan fingerprint density at radius 2 is 2.07 bits per heavy atom. The Bertz CT molecular complexity index is 917. The largest absolute Gasteiger partial charge is 0.347 e. The molecule has 2 amide bonds. The highest BCUT2D eigenvalue weighted by Gasteiger charge is 2.33. The number of fused-ring (bicyclic) bond motifs is 1. The lowest BCUT2D eigenvalue weighted by Crippen LogP contribution is -2.50. The predicted molar refractivity (Wildman–Crippen MR) is 117 cm³/mol. The summed E-state index contributed by atoms with van der Waals surface area (Å²) in [6, 6.07) is 11.2. The fraction of sp³-hybridized carbons (Fsp3) is 0.500. The van der Waals surface area contributed by atoms with Crippen LogP contribution in [0.15, 0.2) is 30.3 Å². The third-order valence-electron chi connectivity index (χ3n) is 5.69. The van der Waals surface area contributed by atoms with Crippen LogP contribution in [0.3, 0.4) is 0 Å². The molecule has 6 nitrogen and oxygen atoms in total. The maximum absolute atomic E-state index is 13.0. The summed E-state index contributed by atoms with van der Waals surface area (Å²) in [6.45, 7) is 0. The Kier molecular flexibility index (Phi) is 7.21. The van der Waals surface area contributed by atoms with Crippen molar-refractivity contribution in [1.29, 1.82) is 5.26 Å². The zero-order valence-corrected chi connectivity index (χ0v) is 17.8. The topological polar surface area (TPSA) is 86.9 Å². The summed E-state index contributed by atoms with van der Waals surface area (Å²) in [5.41, 5.74) is 1.59.